The van der Waals surface area contributed by atoms with Crippen LogP contribution in [0.3, 0.4) is 0 Å². The van der Waals surface area contributed by atoms with Crippen molar-refractivity contribution in [3.05, 3.63) is 11.3 Å². The first-order valence-corrected chi connectivity index (χ1v) is 6.96. The number of ether oxygens (including phenoxy) is 2. The molecule has 1 aliphatic rings. The number of carbonyl (C=O) groups excluding carboxylic acids is 2. The fourth-order valence-electron chi connectivity index (χ4n) is 1.88. The van der Waals surface area contributed by atoms with E-state index in [1.807, 2.05) is 0 Å². The van der Waals surface area contributed by atoms with Crippen LogP contribution in [0.2, 0.25) is 0 Å². The van der Waals surface area contributed by atoms with Crippen LogP contribution in [0.1, 0.15) is 35.8 Å². The molecule has 0 bridgehead atoms. The highest BCUT2D eigenvalue weighted by Crippen LogP contribution is 2.26. The summed E-state index contributed by atoms with van der Waals surface area (Å²) < 4.78 is 14.3. The molecule has 0 saturated carbocycles. The molecule has 1 amide bonds. The molecule has 1 aromatic heterocycles. The quantitative estimate of drug-likeness (QED) is 0.852. The Balaban J connectivity index is 2.11. The minimum Gasteiger partial charge on any atom is -0.462 e. The summed E-state index contributed by atoms with van der Waals surface area (Å²) in [7, 11) is 0. The molecule has 1 saturated heterocycles. The molecule has 1 aromatic rings. The number of hydrogen-bond donors (Lipinski definition) is 1. The molecule has 1 fully saturated rings. The first kappa shape index (κ1) is 14.0. The molecule has 7 heteroatoms. The number of rotatable bonds is 4. The number of anilines is 1. The molecule has 0 unspecified atom stereocenters. The van der Waals surface area contributed by atoms with Gasteiger partial charge in [-0.2, -0.15) is 4.37 Å². The lowest BCUT2D eigenvalue weighted by Gasteiger charge is -2.10. The van der Waals surface area contributed by atoms with Crippen LogP contribution in [0.4, 0.5) is 5.00 Å². The first-order chi connectivity index (χ1) is 9.13. The van der Waals surface area contributed by atoms with Gasteiger partial charge >= 0.3 is 5.97 Å². The molecule has 0 spiro atoms. The van der Waals surface area contributed by atoms with Crippen LogP contribution in [0.25, 0.3) is 0 Å². The largest absolute Gasteiger partial charge is 0.462 e. The van der Waals surface area contributed by atoms with E-state index in [1.165, 1.54) is 0 Å². The van der Waals surface area contributed by atoms with Gasteiger partial charge in [0.05, 0.1) is 12.3 Å². The lowest BCUT2D eigenvalue weighted by atomic mass is 10.2. The maximum absolute atomic E-state index is 11.9. The number of aryl methyl sites for hydroxylation is 1. The molecule has 6 nitrogen and oxygen atoms in total. The molecule has 2 rings (SSSR count). The van der Waals surface area contributed by atoms with Gasteiger partial charge in [0.15, 0.2) is 0 Å². The van der Waals surface area contributed by atoms with Crippen LogP contribution in [0.15, 0.2) is 0 Å². The van der Waals surface area contributed by atoms with Crippen molar-refractivity contribution in [1.82, 2.24) is 4.37 Å². The third-order valence-electron chi connectivity index (χ3n) is 2.80. The molecule has 1 atom stereocenters. The highest BCUT2D eigenvalue weighted by molar-refractivity contribution is 7.11. The Morgan fingerprint density at radius 1 is 1.58 bits per heavy atom. The lowest BCUT2D eigenvalue weighted by Crippen LogP contribution is -2.27. The minimum atomic E-state index is -0.462. The van der Waals surface area contributed by atoms with Crippen molar-refractivity contribution in [2.45, 2.75) is 32.8 Å². The summed E-state index contributed by atoms with van der Waals surface area (Å²) >= 11 is 1.08. The molecule has 19 heavy (non-hydrogen) atoms. The Morgan fingerprint density at radius 2 is 2.37 bits per heavy atom. The van der Waals surface area contributed by atoms with Gasteiger partial charge < -0.3 is 14.8 Å². The van der Waals surface area contributed by atoms with Crippen LogP contribution < -0.4 is 5.32 Å². The Morgan fingerprint density at radius 3 is 3.00 bits per heavy atom. The Bertz CT molecular complexity index is 480. The zero-order valence-corrected chi connectivity index (χ0v) is 11.7. The Labute approximate surface area is 115 Å². The van der Waals surface area contributed by atoms with E-state index < -0.39 is 12.1 Å². The van der Waals surface area contributed by atoms with E-state index in [-0.39, 0.29) is 12.5 Å². The summed E-state index contributed by atoms with van der Waals surface area (Å²) in [5.74, 6) is -0.692. The van der Waals surface area contributed by atoms with E-state index in [0.717, 1.165) is 18.0 Å². The minimum absolute atomic E-state index is 0.230. The topological polar surface area (TPSA) is 77.5 Å². The van der Waals surface area contributed by atoms with Gasteiger partial charge in [-0.1, -0.05) is 0 Å². The predicted molar refractivity (Wildman–Crippen MR) is 70.4 cm³/mol. The van der Waals surface area contributed by atoms with Gasteiger partial charge in [-0.15, -0.1) is 0 Å². The SMILES string of the molecule is CCOC(=O)c1c(C)nsc1NC(=O)[C@@H]1CCCO1. The zero-order valence-electron chi connectivity index (χ0n) is 10.9. The summed E-state index contributed by atoms with van der Waals surface area (Å²) in [6.45, 7) is 4.33. The Hall–Kier alpha value is -1.47. The van der Waals surface area contributed by atoms with Crippen LogP contribution in [-0.2, 0) is 14.3 Å². The second-order valence-electron chi connectivity index (χ2n) is 4.18. The van der Waals surface area contributed by atoms with E-state index in [1.54, 1.807) is 13.8 Å². The smallest absolute Gasteiger partial charge is 0.343 e. The van der Waals surface area contributed by atoms with E-state index in [9.17, 15) is 9.59 Å². The van der Waals surface area contributed by atoms with Crippen molar-refractivity contribution < 1.29 is 19.1 Å². The van der Waals surface area contributed by atoms with E-state index in [2.05, 4.69) is 9.69 Å². The van der Waals surface area contributed by atoms with Crippen molar-refractivity contribution in [2.75, 3.05) is 18.5 Å². The average molecular weight is 284 g/mol. The van der Waals surface area contributed by atoms with Crippen molar-refractivity contribution in [2.24, 2.45) is 0 Å². The van der Waals surface area contributed by atoms with Crippen LogP contribution in [0.5, 0.6) is 0 Å². The highest BCUT2D eigenvalue weighted by atomic mass is 32.1. The molecule has 0 aliphatic carbocycles. The van der Waals surface area contributed by atoms with Gasteiger partial charge in [-0.05, 0) is 38.2 Å². The van der Waals surface area contributed by atoms with Crippen LogP contribution >= 0.6 is 11.5 Å². The van der Waals surface area contributed by atoms with E-state index in [0.29, 0.717) is 29.3 Å². The number of carbonyl (C=O) groups is 2. The summed E-state index contributed by atoms with van der Waals surface area (Å²) in [5.41, 5.74) is 0.893. The average Bonchev–Trinajstić information content (AvgIpc) is 2.99. The molecule has 104 valence electrons. The summed E-state index contributed by atoms with van der Waals surface area (Å²) in [6.07, 6.45) is 1.15. The van der Waals surface area contributed by atoms with Gasteiger partial charge in [0.1, 0.15) is 16.7 Å². The third kappa shape index (κ3) is 3.10. The van der Waals surface area contributed by atoms with Crippen molar-refractivity contribution in [1.29, 1.82) is 0 Å². The monoisotopic (exact) mass is 284 g/mol. The zero-order chi connectivity index (χ0) is 13.8. The third-order valence-corrected chi connectivity index (χ3v) is 3.66. The van der Waals surface area contributed by atoms with Crippen LogP contribution in [0, 0.1) is 6.92 Å². The van der Waals surface area contributed by atoms with Gasteiger partial charge in [0.2, 0.25) is 0 Å². The Kier molecular flexibility index (Phi) is 4.49. The van der Waals surface area contributed by atoms with Gasteiger partial charge in [-0.3, -0.25) is 4.79 Å². The molecule has 2 heterocycles. The molecule has 1 N–H and O–H groups in total. The van der Waals surface area contributed by atoms with Crippen LogP contribution in [-0.4, -0.2) is 35.6 Å². The van der Waals surface area contributed by atoms with Gasteiger partial charge in [0.25, 0.3) is 5.91 Å². The molecule has 1 aliphatic heterocycles. The number of hydrogen-bond acceptors (Lipinski definition) is 6. The molecular weight excluding hydrogens is 268 g/mol. The van der Waals surface area contributed by atoms with Crippen molar-refractivity contribution in [3.8, 4) is 0 Å². The lowest BCUT2D eigenvalue weighted by molar-refractivity contribution is -0.124. The molecular formula is C12H16N2O4S. The second-order valence-corrected chi connectivity index (χ2v) is 4.96. The standard InChI is InChI=1S/C12H16N2O4S/c1-3-17-12(16)9-7(2)14-19-11(9)13-10(15)8-5-4-6-18-8/h8H,3-6H2,1-2H3,(H,13,15)/t8-/m0/s1. The first-order valence-electron chi connectivity index (χ1n) is 6.19. The summed E-state index contributed by atoms with van der Waals surface area (Å²) in [5, 5.41) is 3.13. The van der Waals surface area contributed by atoms with Gasteiger partial charge in [-0.25, -0.2) is 4.79 Å². The molecule has 0 aromatic carbocycles. The maximum atomic E-state index is 11.9. The second kappa shape index (κ2) is 6.12. The summed E-state index contributed by atoms with van der Waals surface area (Å²) in [6, 6.07) is 0. The fourth-order valence-corrected chi connectivity index (χ4v) is 2.66. The normalized spacial score (nSPS) is 18.3. The van der Waals surface area contributed by atoms with E-state index in [4.69, 9.17) is 9.47 Å². The van der Waals surface area contributed by atoms with Crippen molar-refractivity contribution in [3.63, 3.8) is 0 Å². The maximum Gasteiger partial charge on any atom is 0.343 e. The number of amides is 1. The van der Waals surface area contributed by atoms with Gasteiger partial charge in [0, 0.05) is 6.61 Å². The fraction of sp³-hybridized carbons (Fsp3) is 0.583. The highest BCUT2D eigenvalue weighted by Gasteiger charge is 2.27. The number of nitrogens with one attached hydrogen (secondary N) is 1. The van der Waals surface area contributed by atoms with E-state index >= 15 is 0 Å². The predicted octanol–water partition coefficient (Wildman–Crippen LogP) is 1.75. The number of esters is 1. The molecule has 0 radical (unpaired) electrons. The number of nitrogens with zero attached hydrogens (tertiary/aromatic N) is 1. The number of aromatic nitrogens is 1. The summed E-state index contributed by atoms with van der Waals surface area (Å²) in [4.78, 5) is 23.8. The van der Waals surface area contributed by atoms with Crippen molar-refractivity contribution >= 4 is 28.4 Å².